The largest absolute Gasteiger partial charge is 0.409 e. The van der Waals surface area contributed by atoms with Crippen molar-refractivity contribution in [2.24, 2.45) is 16.8 Å². The third-order valence-electron chi connectivity index (χ3n) is 4.91. The summed E-state index contributed by atoms with van der Waals surface area (Å²) in [4.78, 5) is 12.9. The number of nitrogens with one attached hydrogen (secondary N) is 1. The van der Waals surface area contributed by atoms with Crippen molar-refractivity contribution in [3.8, 4) is 11.1 Å². The van der Waals surface area contributed by atoms with Crippen LogP contribution >= 0.6 is 15.9 Å². The van der Waals surface area contributed by atoms with Crippen molar-refractivity contribution < 1.29 is 22.9 Å². The molecule has 1 unspecified atom stereocenters. The van der Waals surface area contributed by atoms with Gasteiger partial charge in [-0.3, -0.25) is 4.79 Å². The highest BCUT2D eigenvalue weighted by Gasteiger charge is 2.17. The number of hydrogen-bond acceptors (Lipinski definition) is 6. The van der Waals surface area contributed by atoms with E-state index in [1.54, 1.807) is 60.7 Å². The summed E-state index contributed by atoms with van der Waals surface area (Å²) >= 11 is 1.53. The normalized spacial score (nSPS) is 13.2. The summed E-state index contributed by atoms with van der Waals surface area (Å²) in [5.41, 5.74) is 8.07. The fraction of sp³-hybridized carbons (Fsp3) is 0.0435. The molecule has 0 saturated carbocycles. The Kier molecular flexibility index (Phi) is 8.29. The molecule has 0 fully saturated rings. The second kappa shape index (κ2) is 11.2. The predicted molar refractivity (Wildman–Crippen MR) is 133 cm³/mol. The fourth-order valence-electron chi connectivity index (χ4n) is 3.13. The van der Waals surface area contributed by atoms with E-state index in [-0.39, 0.29) is 11.4 Å². The van der Waals surface area contributed by atoms with Crippen molar-refractivity contribution in [2.45, 2.75) is 11.8 Å². The van der Waals surface area contributed by atoms with Crippen molar-refractivity contribution >= 4 is 50.0 Å². The van der Waals surface area contributed by atoms with Gasteiger partial charge in [0.25, 0.3) is 5.91 Å². The molecule has 0 spiro atoms. The number of rotatable bonds is 7. The fourth-order valence-corrected chi connectivity index (χ4v) is 4.27. The molecule has 0 aromatic heterocycles. The Labute approximate surface area is 205 Å². The van der Waals surface area contributed by atoms with Gasteiger partial charge in [-0.2, -0.15) is 10.2 Å². The van der Waals surface area contributed by atoms with Gasteiger partial charge in [0.2, 0.25) is 11.1 Å². The maximum absolute atomic E-state index is 14.9. The molecule has 1 atom stereocenters. The van der Waals surface area contributed by atoms with Crippen LogP contribution in [0.1, 0.15) is 18.1 Å². The Morgan fingerprint density at radius 2 is 1.82 bits per heavy atom. The van der Waals surface area contributed by atoms with Crippen LogP contribution in [-0.2, 0) is 20.2 Å². The van der Waals surface area contributed by atoms with Crippen LogP contribution in [0.3, 0.4) is 0 Å². The molecule has 8 nitrogen and oxygen atoms in total. The van der Waals surface area contributed by atoms with Gasteiger partial charge in [-0.05, 0) is 63.8 Å². The highest BCUT2D eigenvalue weighted by atomic mass is 79.9. The molecule has 11 heteroatoms. The van der Waals surface area contributed by atoms with Crippen LogP contribution < -0.4 is 16.9 Å². The smallest absolute Gasteiger partial charge is 0.284 e. The monoisotopic (exact) mass is 546 g/mol. The van der Waals surface area contributed by atoms with Gasteiger partial charge in [0.1, 0.15) is 0 Å². The molecule has 1 amide bonds. The van der Waals surface area contributed by atoms with Gasteiger partial charge in [0, 0.05) is 15.6 Å². The molecule has 3 rings (SSSR count). The Balaban J connectivity index is 1.87. The number of nitrogens with zero attached hydrogens (tertiary/aromatic N) is 1. The zero-order chi connectivity index (χ0) is 24.8. The molecule has 0 bridgehead atoms. The van der Waals surface area contributed by atoms with Crippen LogP contribution in [0.15, 0.2) is 87.1 Å². The SMILES string of the molecule is C/C(=C(\F)C(=O)Nc1ccc(-c2ccccc2S(=O)ON)cc1Br)c1cccc(/C(N)=N/O)c1. The Hall–Kier alpha value is -3.38. The van der Waals surface area contributed by atoms with Crippen LogP contribution in [0.4, 0.5) is 10.1 Å². The van der Waals surface area contributed by atoms with E-state index < -0.39 is 22.8 Å². The molecule has 3 aromatic carbocycles. The molecule has 0 heterocycles. The quantitative estimate of drug-likeness (QED) is 0.113. The highest BCUT2D eigenvalue weighted by molar-refractivity contribution is 9.10. The number of hydrogen-bond donors (Lipinski definition) is 4. The van der Waals surface area contributed by atoms with Gasteiger partial charge in [-0.25, -0.2) is 8.60 Å². The first-order chi connectivity index (χ1) is 16.3. The molecule has 0 aliphatic heterocycles. The first-order valence-corrected chi connectivity index (χ1v) is 11.6. The zero-order valence-corrected chi connectivity index (χ0v) is 20.2. The number of carbonyl (C=O) groups is 1. The topological polar surface area (TPSA) is 140 Å². The van der Waals surface area contributed by atoms with Crippen LogP contribution in [0.2, 0.25) is 0 Å². The minimum atomic E-state index is -1.85. The summed E-state index contributed by atoms with van der Waals surface area (Å²) in [5.74, 6) is 2.99. The maximum atomic E-state index is 14.9. The lowest BCUT2D eigenvalue weighted by Gasteiger charge is -2.12. The second-order valence-electron chi connectivity index (χ2n) is 6.98. The minimum Gasteiger partial charge on any atom is -0.409 e. The van der Waals surface area contributed by atoms with E-state index in [1.165, 1.54) is 13.0 Å². The molecular weight excluding hydrogens is 527 g/mol. The van der Waals surface area contributed by atoms with E-state index in [1.807, 2.05) is 0 Å². The van der Waals surface area contributed by atoms with E-state index in [4.69, 9.17) is 16.8 Å². The average Bonchev–Trinajstić information content (AvgIpc) is 2.87. The summed E-state index contributed by atoms with van der Waals surface area (Å²) < 4.78 is 31.9. The van der Waals surface area contributed by atoms with Crippen molar-refractivity contribution in [2.75, 3.05) is 5.32 Å². The van der Waals surface area contributed by atoms with E-state index in [0.29, 0.717) is 37.3 Å². The van der Waals surface area contributed by atoms with Crippen LogP contribution in [0.25, 0.3) is 16.7 Å². The summed E-state index contributed by atoms with van der Waals surface area (Å²) in [6, 6.07) is 18.1. The molecule has 0 saturated heterocycles. The molecule has 3 aromatic rings. The number of anilines is 1. The number of benzene rings is 3. The molecular formula is C23H20BrFN4O4S. The van der Waals surface area contributed by atoms with Crippen molar-refractivity contribution in [1.82, 2.24) is 0 Å². The maximum Gasteiger partial charge on any atom is 0.284 e. The van der Waals surface area contributed by atoms with Gasteiger partial charge < -0.3 is 16.3 Å². The Morgan fingerprint density at radius 3 is 2.50 bits per heavy atom. The third-order valence-corrected chi connectivity index (χ3v) is 6.46. The highest BCUT2D eigenvalue weighted by Crippen LogP contribution is 2.33. The van der Waals surface area contributed by atoms with E-state index in [2.05, 4.69) is 30.7 Å². The summed E-state index contributed by atoms with van der Waals surface area (Å²) in [6.07, 6.45) is 0. The minimum absolute atomic E-state index is 0.0797. The second-order valence-corrected chi connectivity index (χ2v) is 8.94. The third kappa shape index (κ3) is 5.57. The van der Waals surface area contributed by atoms with E-state index in [0.717, 1.165) is 0 Å². The van der Waals surface area contributed by atoms with Crippen LogP contribution in [0, 0.1) is 0 Å². The lowest BCUT2D eigenvalue weighted by Crippen LogP contribution is -2.14. The Morgan fingerprint density at radius 1 is 1.12 bits per heavy atom. The van der Waals surface area contributed by atoms with Crippen LogP contribution in [-0.4, -0.2) is 21.2 Å². The number of allylic oxidation sites excluding steroid dienone is 1. The van der Waals surface area contributed by atoms with E-state index >= 15 is 0 Å². The number of carbonyl (C=O) groups excluding carboxylic acids is 1. The van der Waals surface area contributed by atoms with Gasteiger partial charge in [-0.15, -0.1) is 0 Å². The molecule has 0 aliphatic carbocycles. The summed E-state index contributed by atoms with van der Waals surface area (Å²) in [6.45, 7) is 1.45. The standard InChI is InChI=1S/C23H20BrFN4O4S/c1-13(14-5-4-6-16(11-14)22(26)29-31)21(25)23(30)28-19-10-9-15(12-18(19)24)17-7-2-3-8-20(17)34(32)33-27/h2-12,31H,27H2,1H3,(H2,26,29)(H,28,30)/b21-13+. The molecule has 34 heavy (non-hydrogen) atoms. The number of nitrogens with two attached hydrogens (primary N) is 2. The van der Waals surface area contributed by atoms with Gasteiger partial charge in [-0.1, -0.05) is 47.6 Å². The van der Waals surface area contributed by atoms with Crippen molar-refractivity contribution in [3.05, 3.63) is 88.2 Å². The zero-order valence-electron chi connectivity index (χ0n) is 17.8. The van der Waals surface area contributed by atoms with Gasteiger partial charge in [0.05, 0.1) is 10.6 Å². The average molecular weight is 547 g/mol. The number of amides is 1. The molecule has 176 valence electrons. The predicted octanol–water partition coefficient (Wildman–Crippen LogP) is 4.46. The van der Waals surface area contributed by atoms with Crippen molar-refractivity contribution in [3.63, 3.8) is 0 Å². The molecule has 6 N–H and O–H groups in total. The first kappa shape index (κ1) is 25.2. The lowest BCUT2D eigenvalue weighted by molar-refractivity contribution is -0.114. The van der Waals surface area contributed by atoms with E-state index in [9.17, 15) is 13.4 Å². The summed E-state index contributed by atoms with van der Waals surface area (Å²) in [7, 11) is 0. The molecule has 0 radical (unpaired) electrons. The molecule has 0 aliphatic rings. The van der Waals surface area contributed by atoms with Crippen molar-refractivity contribution in [1.29, 1.82) is 0 Å². The lowest BCUT2D eigenvalue weighted by atomic mass is 10.0. The Bertz CT molecular complexity index is 1330. The number of halogens is 2. The van der Waals surface area contributed by atoms with Crippen LogP contribution in [0.5, 0.6) is 0 Å². The van der Waals surface area contributed by atoms with Gasteiger partial charge >= 0.3 is 0 Å². The number of amidine groups is 1. The van der Waals surface area contributed by atoms with Gasteiger partial charge in [0.15, 0.2) is 11.7 Å². The summed E-state index contributed by atoms with van der Waals surface area (Å²) in [5, 5.41) is 14.3. The number of oxime groups is 1. The first-order valence-electron chi connectivity index (χ1n) is 9.70.